The van der Waals surface area contributed by atoms with Gasteiger partial charge in [-0.3, -0.25) is 4.98 Å². The number of rotatable bonds is 2. The third kappa shape index (κ3) is 2.86. The number of nitrogens with zero attached hydrogens (tertiary/aromatic N) is 4. The van der Waals surface area contributed by atoms with Crippen molar-refractivity contribution < 1.29 is 14.1 Å². The summed E-state index contributed by atoms with van der Waals surface area (Å²) in [5.74, 6) is 1.14. The Morgan fingerprint density at radius 3 is 2.96 bits per heavy atom. The standard InChI is InChI=1S/C17H21N5O3/c1-18-16(23)22-10-13(17(11-22)4-7-24-8-5-17)15-20-14(21-25-15)12-3-2-6-19-9-12/h2-3,6,9,13H,4-5,7-8,10-11H2,1H3,(H,18,23). The second-order valence-electron chi connectivity index (χ2n) is 6.66. The van der Waals surface area contributed by atoms with Crippen molar-refractivity contribution in [1.82, 2.24) is 25.3 Å². The van der Waals surface area contributed by atoms with Crippen LogP contribution < -0.4 is 5.32 Å². The van der Waals surface area contributed by atoms with Crippen molar-refractivity contribution in [3.63, 3.8) is 0 Å². The van der Waals surface area contributed by atoms with E-state index in [0.717, 1.165) is 18.4 Å². The smallest absolute Gasteiger partial charge is 0.317 e. The lowest BCUT2D eigenvalue weighted by Crippen LogP contribution is -2.40. The summed E-state index contributed by atoms with van der Waals surface area (Å²) < 4.78 is 11.1. The van der Waals surface area contributed by atoms with Crippen LogP contribution in [-0.2, 0) is 4.74 Å². The molecule has 0 saturated carbocycles. The summed E-state index contributed by atoms with van der Waals surface area (Å²) in [5, 5.41) is 6.84. The van der Waals surface area contributed by atoms with Crippen LogP contribution in [0.15, 0.2) is 29.0 Å². The van der Waals surface area contributed by atoms with Crippen molar-refractivity contribution in [2.45, 2.75) is 18.8 Å². The van der Waals surface area contributed by atoms with Crippen LogP contribution in [0.3, 0.4) is 0 Å². The van der Waals surface area contributed by atoms with Crippen LogP contribution in [-0.4, -0.2) is 59.4 Å². The first-order valence-corrected chi connectivity index (χ1v) is 8.50. The van der Waals surface area contributed by atoms with Gasteiger partial charge < -0.3 is 19.5 Å². The van der Waals surface area contributed by atoms with Crippen LogP contribution >= 0.6 is 0 Å². The number of ether oxygens (including phenoxy) is 1. The molecule has 2 amide bonds. The molecule has 1 atom stereocenters. The first-order valence-electron chi connectivity index (χ1n) is 8.50. The van der Waals surface area contributed by atoms with Gasteiger partial charge in [0, 0.05) is 56.7 Å². The van der Waals surface area contributed by atoms with Crippen LogP contribution in [0.4, 0.5) is 4.79 Å². The number of urea groups is 1. The quantitative estimate of drug-likeness (QED) is 0.891. The molecule has 2 aliphatic rings. The molecule has 2 saturated heterocycles. The van der Waals surface area contributed by atoms with Crippen molar-refractivity contribution in [3.8, 4) is 11.4 Å². The van der Waals surface area contributed by atoms with Gasteiger partial charge in [-0.05, 0) is 25.0 Å². The monoisotopic (exact) mass is 343 g/mol. The fourth-order valence-electron chi connectivity index (χ4n) is 3.90. The Kier molecular flexibility index (Phi) is 4.12. The molecule has 4 rings (SSSR count). The van der Waals surface area contributed by atoms with Crippen molar-refractivity contribution in [3.05, 3.63) is 30.4 Å². The van der Waals surface area contributed by atoms with Gasteiger partial charge >= 0.3 is 6.03 Å². The summed E-state index contributed by atoms with van der Waals surface area (Å²) in [5.41, 5.74) is 0.753. The molecule has 2 fully saturated rings. The van der Waals surface area contributed by atoms with Crippen molar-refractivity contribution in [2.24, 2.45) is 5.41 Å². The molecular formula is C17H21N5O3. The van der Waals surface area contributed by atoms with E-state index in [1.165, 1.54) is 0 Å². The van der Waals surface area contributed by atoms with E-state index in [1.54, 1.807) is 19.4 Å². The SMILES string of the molecule is CNC(=O)N1CC(c2nc(-c3cccnc3)no2)C2(CCOCC2)C1. The largest absolute Gasteiger partial charge is 0.381 e. The molecule has 8 nitrogen and oxygen atoms in total. The summed E-state index contributed by atoms with van der Waals surface area (Å²) in [6, 6.07) is 3.67. The van der Waals surface area contributed by atoms with Crippen molar-refractivity contribution in [1.29, 1.82) is 0 Å². The Morgan fingerprint density at radius 1 is 1.40 bits per heavy atom. The highest BCUT2D eigenvalue weighted by atomic mass is 16.5. The Balaban J connectivity index is 1.65. The average molecular weight is 343 g/mol. The molecule has 1 spiro atoms. The van der Waals surface area contributed by atoms with E-state index < -0.39 is 0 Å². The predicted octanol–water partition coefficient (Wildman–Crippen LogP) is 1.67. The van der Waals surface area contributed by atoms with Crippen LogP contribution in [0.1, 0.15) is 24.7 Å². The van der Waals surface area contributed by atoms with Gasteiger partial charge in [0.25, 0.3) is 0 Å². The zero-order valence-electron chi connectivity index (χ0n) is 14.1. The minimum atomic E-state index is -0.0691. The summed E-state index contributed by atoms with van der Waals surface area (Å²) in [4.78, 5) is 22.7. The van der Waals surface area contributed by atoms with Gasteiger partial charge in [0.1, 0.15) is 0 Å². The number of aromatic nitrogens is 3. The molecule has 1 N–H and O–H groups in total. The van der Waals surface area contributed by atoms with Gasteiger partial charge in [-0.1, -0.05) is 5.16 Å². The number of carbonyl (C=O) groups is 1. The Labute approximate surface area is 145 Å². The third-order valence-electron chi connectivity index (χ3n) is 5.30. The minimum absolute atomic E-state index is 0.0200. The molecule has 0 aromatic carbocycles. The van der Waals surface area contributed by atoms with Crippen LogP contribution in [0.5, 0.6) is 0 Å². The average Bonchev–Trinajstić information content (AvgIpc) is 3.28. The number of amides is 2. The molecule has 1 unspecified atom stereocenters. The molecule has 8 heteroatoms. The second-order valence-corrected chi connectivity index (χ2v) is 6.66. The van der Waals surface area contributed by atoms with Gasteiger partial charge in [-0.25, -0.2) is 4.79 Å². The highest BCUT2D eigenvalue weighted by Crippen LogP contribution is 2.49. The second kappa shape index (κ2) is 6.44. The molecular weight excluding hydrogens is 322 g/mol. The number of nitrogens with one attached hydrogen (secondary N) is 1. The van der Waals surface area contributed by atoms with E-state index in [4.69, 9.17) is 9.26 Å². The molecule has 0 aliphatic carbocycles. The summed E-state index contributed by atoms with van der Waals surface area (Å²) in [6.07, 6.45) is 5.19. The normalized spacial score (nSPS) is 22.3. The lowest BCUT2D eigenvalue weighted by atomic mass is 9.72. The van der Waals surface area contributed by atoms with Gasteiger partial charge in [0.15, 0.2) is 0 Å². The lowest BCUT2D eigenvalue weighted by molar-refractivity contribution is 0.00945. The maximum absolute atomic E-state index is 12.2. The van der Waals surface area contributed by atoms with Crippen LogP contribution in [0, 0.1) is 5.41 Å². The summed E-state index contributed by atoms with van der Waals surface area (Å²) >= 11 is 0. The first kappa shape index (κ1) is 16.0. The Morgan fingerprint density at radius 2 is 2.24 bits per heavy atom. The van der Waals surface area contributed by atoms with E-state index in [2.05, 4.69) is 20.4 Å². The third-order valence-corrected chi connectivity index (χ3v) is 5.30. The number of hydrogen-bond acceptors (Lipinski definition) is 6. The van der Waals surface area contributed by atoms with Gasteiger partial charge in [-0.15, -0.1) is 0 Å². The number of likely N-dealkylation sites (tertiary alicyclic amines) is 1. The van der Waals surface area contributed by atoms with Crippen LogP contribution in [0.2, 0.25) is 0 Å². The molecule has 2 aliphatic heterocycles. The molecule has 2 aromatic heterocycles. The minimum Gasteiger partial charge on any atom is -0.381 e. The number of pyridine rings is 1. The Hall–Kier alpha value is -2.48. The van der Waals surface area contributed by atoms with E-state index in [-0.39, 0.29) is 17.4 Å². The maximum atomic E-state index is 12.2. The molecule has 0 bridgehead atoms. The molecule has 2 aromatic rings. The predicted molar refractivity (Wildman–Crippen MR) is 88.8 cm³/mol. The lowest BCUT2D eigenvalue weighted by Gasteiger charge is -2.36. The van der Waals surface area contributed by atoms with Crippen molar-refractivity contribution >= 4 is 6.03 Å². The summed E-state index contributed by atoms with van der Waals surface area (Å²) in [6.45, 7) is 2.66. The molecule has 4 heterocycles. The molecule has 25 heavy (non-hydrogen) atoms. The van der Waals surface area contributed by atoms with Gasteiger partial charge in [-0.2, -0.15) is 4.98 Å². The zero-order valence-corrected chi connectivity index (χ0v) is 14.1. The van der Waals surface area contributed by atoms with Crippen LogP contribution in [0.25, 0.3) is 11.4 Å². The van der Waals surface area contributed by atoms with Crippen molar-refractivity contribution in [2.75, 3.05) is 33.4 Å². The highest BCUT2D eigenvalue weighted by Gasteiger charge is 2.51. The highest BCUT2D eigenvalue weighted by molar-refractivity contribution is 5.74. The first-order chi connectivity index (χ1) is 12.2. The van der Waals surface area contributed by atoms with E-state index >= 15 is 0 Å². The molecule has 132 valence electrons. The fourth-order valence-corrected chi connectivity index (χ4v) is 3.90. The summed E-state index contributed by atoms with van der Waals surface area (Å²) in [7, 11) is 1.65. The van der Waals surface area contributed by atoms with Gasteiger partial charge in [0.05, 0.1) is 5.92 Å². The molecule has 0 radical (unpaired) electrons. The van der Waals surface area contributed by atoms with Gasteiger partial charge in [0.2, 0.25) is 11.7 Å². The Bertz CT molecular complexity index is 742. The fraction of sp³-hybridized carbons (Fsp3) is 0.529. The number of hydrogen-bond donors (Lipinski definition) is 1. The zero-order chi connectivity index (χ0) is 17.3. The van der Waals surface area contributed by atoms with E-state index in [9.17, 15) is 4.79 Å². The van der Waals surface area contributed by atoms with E-state index in [1.807, 2.05) is 17.0 Å². The van der Waals surface area contributed by atoms with E-state index in [0.29, 0.717) is 38.0 Å². The number of carbonyl (C=O) groups excluding carboxylic acids is 1. The topological polar surface area (TPSA) is 93.4 Å². The maximum Gasteiger partial charge on any atom is 0.317 e.